The topological polar surface area (TPSA) is 66.0 Å². The number of carbonyl (C=O) groups is 1. The van der Waals surface area contributed by atoms with Gasteiger partial charge in [-0.25, -0.2) is 0 Å². The molecular formula is C11H11ClN2O2. The average molecular weight is 239 g/mol. The second kappa shape index (κ2) is 4.14. The van der Waals surface area contributed by atoms with Crippen molar-refractivity contribution < 1.29 is 9.90 Å². The molecule has 0 spiro atoms. The van der Waals surface area contributed by atoms with Gasteiger partial charge in [-0.3, -0.25) is 9.89 Å². The lowest BCUT2D eigenvalue weighted by atomic mass is 9.97. The lowest BCUT2D eigenvalue weighted by Gasteiger charge is -2.08. The molecule has 1 heterocycles. The first-order chi connectivity index (χ1) is 7.58. The van der Waals surface area contributed by atoms with Crippen LogP contribution < -0.4 is 0 Å². The number of rotatable bonds is 3. The lowest BCUT2D eigenvalue weighted by molar-refractivity contribution is -0.137. The zero-order chi connectivity index (χ0) is 11.7. The molecular weight excluding hydrogens is 228 g/mol. The molecule has 2 rings (SSSR count). The number of halogens is 1. The van der Waals surface area contributed by atoms with Gasteiger partial charge in [0, 0.05) is 5.39 Å². The Balaban J connectivity index is 2.38. The molecule has 0 aliphatic rings. The number of aliphatic carboxylic acids is 1. The van der Waals surface area contributed by atoms with E-state index in [1.807, 2.05) is 25.1 Å². The van der Waals surface area contributed by atoms with Gasteiger partial charge >= 0.3 is 5.97 Å². The quantitative estimate of drug-likeness (QED) is 0.864. The molecule has 16 heavy (non-hydrogen) atoms. The smallest absolute Gasteiger partial charge is 0.303 e. The highest BCUT2D eigenvalue weighted by Crippen LogP contribution is 2.26. The standard InChI is InChI=1S/C11H11ClN2O2/c1-6(4-10(15)16)7-2-3-9-8(5-7)11(12)14-13-9/h2-3,5-6H,4H2,1H3,(H,13,14)(H,15,16). The molecule has 4 nitrogen and oxygen atoms in total. The summed E-state index contributed by atoms with van der Waals surface area (Å²) in [5, 5.41) is 16.7. The van der Waals surface area contributed by atoms with Gasteiger partial charge in [0.1, 0.15) is 5.15 Å². The Labute approximate surface area is 97.2 Å². The van der Waals surface area contributed by atoms with Crippen molar-refractivity contribution in [2.45, 2.75) is 19.3 Å². The number of carboxylic acids is 1. The Kier molecular flexibility index (Phi) is 2.83. The van der Waals surface area contributed by atoms with Gasteiger partial charge in [0.25, 0.3) is 0 Å². The van der Waals surface area contributed by atoms with Gasteiger partial charge in [-0.1, -0.05) is 24.6 Å². The minimum Gasteiger partial charge on any atom is -0.481 e. The fourth-order valence-corrected chi connectivity index (χ4v) is 1.88. The molecule has 2 N–H and O–H groups in total. The van der Waals surface area contributed by atoms with Crippen LogP contribution in [0.3, 0.4) is 0 Å². The molecule has 0 radical (unpaired) electrons. The number of aromatic nitrogens is 2. The van der Waals surface area contributed by atoms with Crippen LogP contribution >= 0.6 is 11.6 Å². The van der Waals surface area contributed by atoms with Crippen LogP contribution in [0, 0.1) is 0 Å². The van der Waals surface area contributed by atoms with Crippen molar-refractivity contribution in [3.63, 3.8) is 0 Å². The van der Waals surface area contributed by atoms with Crippen LogP contribution in [0.2, 0.25) is 5.15 Å². The number of nitrogens with one attached hydrogen (secondary N) is 1. The predicted octanol–water partition coefficient (Wildman–Crippen LogP) is 2.79. The summed E-state index contributed by atoms with van der Waals surface area (Å²) in [6.07, 6.45) is 0.112. The molecule has 1 aromatic carbocycles. The predicted molar refractivity (Wildman–Crippen MR) is 61.8 cm³/mol. The summed E-state index contributed by atoms with van der Waals surface area (Å²) in [7, 11) is 0. The largest absolute Gasteiger partial charge is 0.481 e. The monoisotopic (exact) mass is 238 g/mol. The van der Waals surface area contributed by atoms with Gasteiger partial charge in [0.2, 0.25) is 0 Å². The van der Waals surface area contributed by atoms with Crippen LogP contribution in [0.4, 0.5) is 0 Å². The molecule has 1 atom stereocenters. The number of aromatic amines is 1. The first-order valence-electron chi connectivity index (χ1n) is 4.93. The second-order valence-corrected chi connectivity index (χ2v) is 4.19. The number of nitrogens with zero attached hydrogens (tertiary/aromatic N) is 1. The van der Waals surface area contributed by atoms with Gasteiger partial charge in [-0.05, 0) is 23.6 Å². The molecule has 5 heteroatoms. The summed E-state index contributed by atoms with van der Waals surface area (Å²) < 4.78 is 0. The Morgan fingerprint density at radius 1 is 1.62 bits per heavy atom. The molecule has 2 aromatic rings. The molecule has 0 bridgehead atoms. The Morgan fingerprint density at radius 2 is 2.38 bits per heavy atom. The number of benzene rings is 1. The molecule has 0 saturated carbocycles. The van der Waals surface area contributed by atoms with Crippen molar-refractivity contribution in [3.8, 4) is 0 Å². The molecule has 0 aliphatic carbocycles. The molecule has 0 saturated heterocycles. The third-order valence-corrected chi connectivity index (χ3v) is 2.87. The van der Waals surface area contributed by atoms with E-state index in [4.69, 9.17) is 16.7 Å². The highest BCUT2D eigenvalue weighted by atomic mass is 35.5. The average Bonchev–Trinajstić information content (AvgIpc) is 2.59. The number of hydrogen-bond acceptors (Lipinski definition) is 2. The van der Waals surface area contributed by atoms with Crippen LogP contribution in [0.15, 0.2) is 18.2 Å². The van der Waals surface area contributed by atoms with Crippen molar-refractivity contribution in [2.24, 2.45) is 0 Å². The van der Waals surface area contributed by atoms with E-state index in [1.54, 1.807) is 0 Å². The van der Waals surface area contributed by atoms with E-state index in [-0.39, 0.29) is 12.3 Å². The first-order valence-corrected chi connectivity index (χ1v) is 5.31. The van der Waals surface area contributed by atoms with Gasteiger partial charge in [0.15, 0.2) is 0 Å². The Morgan fingerprint density at radius 3 is 3.06 bits per heavy atom. The van der Waals surface area contributed by atoms with Crippen LogP contribution in [-0.4, -0.2) is 21.3 Å². The zero-order valence-electron chi connectivity index (χ0n) is 8.70. The normalized spacial score (nSPS) is 12.9. The maximum absolute atomic E-state index is 10.6. The molecule has 84 valence electrons. The van der Waals surface area contributed by atoms with E-state index in [0.29, 0.717) is 5.15 Å². The maximum Gasteiger partial charge on any atom is 0.303 e. The van der Waals surface area contributed by atoms with E-state index in [2.05, 4.69) is 10.2 Å². The van der Waals surface area contributed by atoms with Gasteiger partial charge in [0.05, 0.1) is 11.9 Å². The van der Waals surface area contributed by atoms with Crippen LogP contribution in [0.25, 0.3) is 10.9 Å². The third kappa shape index (κ3) is 2.02. The van der Waals surface area contributed by atoms with Crippen LogP contribution in [-0.2, 0) is 4.79 Å². The van der Waals surface area contributed by atoms with E-state index in [9.17, 15) is 4.79 Å². The van der Waals surface area contributed by atoms with Crippen LogP contribution in [0.1, 0.15) is 24.8 Å². The van der Waals surface area contributed by atoms with Crippen LogP contribution in [0.5, 0.6) is 0 Å². The summed E-state index contributed by atoms with van der Waals surface area (Å²) in [4.78, 5) is 10.6. The molecule has 1 aromatic heterocycles. The summed E-state index contributed by atoms with van der Waals surface area (Å²) in [5.74, 6) is -0.834. The number of fused-ring (bicyclic) bond motifs is 1. The zero-order valence-corrected chi connectivity index (χ0v) is 9.45. The number of carboxylic acid groups (broad SMARTS) is 1. The highest BCUT2D eigenvalue weighted by Gasteiger charge is 2.12. The molecule has 0 aliphatic heterocycles. The molecule has 0 amide bonds. The van der Waals surface area contributed by atoms with E-state index in [0.717, 1.165) is 16.5 Å². The molecule has 0 fully saturated rings. The fourth-order valence-electron chi connectivity index (χ4n) is 1.68. The SMILES string of the molecule is CC(CC(=O)O)c1ccc2n[nH]c(Cl)c2c1. The minimum absolute atomic E-state index is 0.0344. The summed E-state index contributed by atoms with van der Waals surface area (Å²) in [6.45, 7) is 1.88. The summed E-state index contributed by atoms with van der Waals surface area (Å²) in [5.41, 5.74) is 1.74. The summed E-state index contributed by atoms with van der Waals surface area (Å²) >= 11 is 5.92. The van der Waals surface area contributed by atoms with Gasteiger partial charge in [-0.15, -0.1) is 0 Å². The van der Waals surface area contributed by atoms with Crippen molar-refractivity contribution in [1.29, 1.82) is 0 Å². The first kappa shape index (κ1) is 11.0. The molecule has 1 unspecified atom stereocenters. The van der Waals surface area contributed by atoms with E-state index >= 15 is 0 Å². The lowest BCUT2D eigenvalue weighted by Crippen LogP contribution is -2.02. The third-order valence-electron chi connectivity index (χ3n) is 2.58. The highest BCUT2D eigenvalue weighted by molar-refractivity contribution is 6.34. The Bertz CT molecular complexity index is 536. The number of hydrogen-bond donors (Lipinski definition) is 2. The fraction of sp³-hybridized carbons (Fsp3) is 0.273. The minimum atomic E-state index is -0.800. The number of H-pyrrole nitrogens is 1. The van der Waals surface area contributed by atoms with Gasteiger partial charge < -0.3 is 5.11 Å². The van der Waals surface area contributed by atoms with E-state index in [1.165, 1.54) is 0 Å². The van der Waals surface area contributed by atoms with Crippen molar-refractivity contribution >= 4 is 28.5 Å². The van der Waals surface area contributed by atoms with E-state index < -0.39 is 5.97 Å². The van der Waals surface area contributed by atoms with Crippen molar-refractivity contribution in [1.82, 2.24) is 10.2 Å². The van der Waals surface area contributed by atoms with Crippen molar-refractivity contribution in [3.05, 3.63) is 28.9 Å². The van der Waals surface area contributed by atoms with Crippen molar-refractivity contribution in [2.75, 3.05) is 0 Å². The maximum atomic E-state index is 10.6. The summed E-state index contributed by atoms with van der Waals surface area (Å²) in [6, 6.07) is 5.60. The Hall–Kier alpha value is -1.55. The second-order valence-electron chi connectivity index (χ2n) is 3.81. The van der Waals surface area contributed by atoms with Gasteiger partial charge in [-0.2, -0.15) is 5.10 Å².